The van der Waals surface area contributed by atoms with Gasteiger partial charge in [-0.2, -0.15) is 0 Å². The molecule has 0 heterocycles. The van der Waals surface area contributed by atoms with Crippen molar-refractivity contribution in [2.24, 2.45) is 0 Å². The molecule has 0 saturated carbocycles. The summed E-state index contributed by atoms with van der Waals surface area (Å²) in [6, 6.07) is 0. The van der Waals surface area contributed by atoms with Crippen molar-refractivity contribution in [3.05, 3.63) is 46.6 Å². The molecular weight excluding hydrogens is 239 g/mol. The van der Waals surface area contributed by atoms with Crippen LogP contribution in [-0.2, 0) is 21.7 Å². The van der Waals surface area contributed by atoms with E-state index in [0.29, 0.717) is 0 Å². The van der Waals surface area contributed by atoms with Crippen LogP contribution in [0.2, 0.25) is 0 Å². The normalized spacial score (nSPS) is 19.5. The second-order valence-electron chi connectivity index (χ2n) is 3.99. The van der Waals surface area contributed by atoms with Gasteiger partial charge in [0.1, 0.15) is 0 Å². The Kier molecular flexibility index (Phi) is 4.64. The van der Waals surface area contributed by atoms with Crippen LogP contribution in [0.15, 0.2) is 46.6 Å². The molecule has 2 rings (SSSR count). The molecule has 78 valence electrons. The molecule has 0 atom stereocenters. The summed E-state index contributed by atoms with van der Waals surface area (Å²) in [6.45, 7) is 4.29. The van der Waals surface area contributed by atoms with Gasteiger partial charge in [-0.15, -0.1) is 11.6 Å². The van der Waals surface area contributed by atoms with Crippen molar-refractivity contribution in [3.8, 4) is 0 Å². The maximum absolute atomic E-state index is 6.49. The van der Waals surface area contributed by atoms with Gasteiger partial charge < -0.3 is 0 Å². The summed E-state index contributed by atoms with van der Waals surface area (Å²) in [4.78, 5) is 0. The van der Waals surface area contributed by atoms with Crippen molar-refractivity contribution < 1.29 is 21.7 Å². The molecule has 0 N–H and O–H groups in total. The fourth-order valence-corrected chi connectivity index (χ4v) is 2.60. The zero-order valence-corrected chi connectivity index (χ0v) is 11.5. The summed E-state index contributed by atoms with van der Waals surface area (Å²) in [5.41, 5.74) is 5.45. The monoisotopic (exact) mass is 254 g/mol. The van der Waals surface area contributed by atoms with E-state index in [0.717, 1.165) is 12.8 Å². The van der Waals surface area contributed by atoms with Crippen LogP contribution in [0.5, 0.6) is 0 Å². The molecule has 0 aliphatic heterocycles. The first kappa shape index (κ1) is 13.0. The second kappa shape index (κ2) is 5.34. The second-order valence-corrected chi connectivity index (χ2v) is 4.43. The molecule has 0 bridgehead atoms. The summed E-state index contributed by atoms with van der Waals surface area (Å²) >= 11 is 6.49. The molecule has 2 heteroatoms. The molecule has 0 aromatic rings. The van der Waals surface area contributed by atoms with Gasteiger partial charge in [-0.25, -0.2) is 0 Å². The van der Waals surface area contributed by atoms with Crippen molar-refractivity contribution in [1.82, 2.24) is 0 Å². The van der Waals surface area contributed by atoms with Crippen molar-refractivity contribution in [1.29, 1.82) is 0 Å². The summed E-state index contributed by atoms with van der Waals surface area (Å²) in [5, 5.41) is 0.111. The molecule has 0 aromatic heterocycles. The fraction of sp³-hybridized carbons (Fsp3) is 0.385. The largest absolute Gasteiger partial charge is 0.113 e. The molecule has 0 aromatic carbocycles. The first-order valence-electron chi connectivity index (χ1n) is 5.06. The van der Waals surface area contributed by atoms with Crippen LogP contribution in [0.3, 0.4) is 0 Å². The molecular formula is C13H15ClTi. The van der Waals surface area contributed by atoms with E-state index in [1.165, 1.54) is 22.3 Å². The standard InChI is InChI=1S/C13H15Cl.Ti/c1-9-5-3-7-11(9)13(14)12-8-4-6-10(12)2;/h3-6,13H,7-8H2,1-2H3;. The molecule has 0 unspecified atom stereocenters. The number of halogens is 1. The van der Waals surface area contributed by atoms with E-state index >= 15 is 0 Å². The van der Waals surface area contributed by atoms with Crippen molar-refractivity contribution in [2.75, 3.05) is 0 Å². The Morgan fingerprint density at radius 1 is 1.00 bits per heavy atom. The molecule has 0 fully saturated rings. The van der Waals surface area contributed by atoms with Crippen LogP contribution in [0, 0.1) is 0 Å². The van der Waals surface area contributed by atoms with Crippen LogP contribution in [0.4, 0.5) is 0 Å². The van der Waals surface area contributed by atoms with Crippen LogP contribution in [0.1, 0.15) is 26.7 Å². The van der Waals surface area contributed by atoms with Crippen LogP contribution < -0.4 is 0 Å². The van der Waals surface area contributed by atoms with Gasteiger partial charge in [-0.1, -0.05) is 35.5 Å². The average Bonchev–Trinajstić information content (AvgIpc) is 2.73. The summed E-state index contributed by atoms with van der Waals surface area (Å²) in [7, 11) is 0. The number of allylic oxidation sites excluding steroid dienone is 8. The number of hydrogen-bond donors (Lipinski definition) is 0. The first-order valence-corrected chi connectivity index (χ1v) is 5.50. The molecule has 0 radical (unpaired) electrons. The number of hydrogen-bond acceptors (Lipinski definition) is 0. The van der Waals surface area contributed by atoms with E-state index in [2.05, 4.69) is 38.2 Å². The summed E-state index contributed by atoms with van der Waals surface area (Å²) in [5.74, 6) is 0. The van der Waals surface area contributed by atoms with Gasteiger partial charge in [-0.05, 0) is 37.8 Å². The maximum atomic E-state index is 6.49. The number of alkyl halides is 1. The molecule has 2 aliphatic rings. The smallest absolute Gasteiger partial charge is 0.0772 e. The van der Waals surface area contributed by atoms with Crippen molar-refractivity contribution in [2.45, 2.75) is 32.1 Å². The Morgan fingerprint density at radius 3 is 1.67 bits per heavy atom. The van der Waals surface area contributed by atoms with E-state index in [4.69, 9.17) is 11.6 Å². The SMILES string of the molecule is CC1=C(C(Cl)C2=C(C)C=CC2)CC=C1.[Ti]. The average molecular weight is 255 g/mol. The minimum absolute atomic E-state index is 0. The van der Waals surface area contributed by atoms with Gasteiger partial charge in [0.15, 0.2) is 0 Å². The van der Waals surface area contributed by atoms with Crippen LogP contribution >= 0.6 is 11.6 Å². The van der Waals surface area contributed by atoms with Crippen LogP contribution in [0.25, 0.3) is 0 Å². The zero-order valence-electron chi connectivity index (χ0n) is 9.18. The van der Waals surface area contributed by atoms with E-state index in [1.54, 1.807) is 0 Å². The Bertz CT molecular complexity index is 336. The minimum Gasteiger partial charge on any atom is -0.113 e. The van der Waals surface area contributed by atoms with E-state index in [-0.39, 0.29) is 27.1 Å². The Morgan fingerprint density at radius 2 is 1.40 bits per heavy atom. The molecule has 0 amide bonds. The van der Waals surface area contributed by atoms with Crippen molar-refractivity contribution in [3.63, 3.8) is 0 Å². The quantitative estimate of drug-likeness (QED) is 0.513. The Labute approximate surface area is 112 Å². The minimum atomic E-state index is 0. The molecule has 0 spiro atoms. The van der Waals surface area contributed by atoms with Gasteiger partial charge in [0.25, 0.3) is 0 Å². The Balaban J connectivity index is 0.00000112. The molecule has 0 nitrogen and oxygen atoms in total. The summed E-state index contributed by atoms with van der Waals surface area (Å²) < 4.78 is 0. The topological polar surface area (TPSA) is 0 Å². The van der Waals surface area contributed by atoms with E-state index in [1.807, 2.05) is 0 Å². The predicted molar refractivity (Wildman–Crippen MR) is 62.6 cm³/mol. The van der Waals surface area contributed by atoms with Crippen molar-refractivity contribution >= 4 is 11.6 Å². The third-order valence-corrected chi connectivity index (χ3v) is 3.56. The van der Waals surface area contributed by atoms with Gasteiger partial charge in [0.2, 0.25) is 0 Å². The fourth-order valence-electron chi connectivity index (χ4n) is 2.08. The Hall–Kier alpha value is -0.0357. The molecule has 2 aliphatic carbocycles. The predicted octanol–water partition coefficient (Wildman–Crippen LogP) is 4.14. The zero-order chi connectivity index (χ0) is 10.1. The number of rotatable bonds is 2. The third-order valence-electron chi connectivity index (χ3n) is 3.04. The van der Waals surface area contributed by atoms with Gasteiger partial charge >= 0.3 is 0 Å². The van der Waals surface area contributed by atoms with Gasteiger partial charge in [-0.3, -0.25) is 0 Å². The van der Waals surface area contributed by atoms with E-state index < -0.39 is 0 Å². The molecule has 15 heavy (non-hydrogen) atoms. The van der Waals surface area contributed by atoms with E-state index in [9.17, 15) is 0 Å². The van der Waals surface area contributed by atoms with Gasteiger partial charge in [0.05, 0.1) is 5.38 Å². The van der Waals surface area contributed by atoms with Gasteiger partial charge in [0, 0.05) is 21.7 Å². The van der Waals surface area contributed by atoms with Crippen LogP contribution in [-0.4, -0.2) is 5.38 Å². The molecule has 0 saturated heterocycles. The first-order chi connectivity index (χ1) is 6.70. The maximum Gasteiger partial charge on any atom is 0.0772 e. The summed E-state index contributed by atoms with van der Waals surface area (Å²) in [6.07, 6.45) is 10.8. The third kappa shape index (κ3) is 2.56.